The van der Waals surface area contributed by atoms with Gasteiger partial charge >= 0.3 is 0 Å². The number of rotatable bonds is 4. The number of para-hydroxylation sites is 1. The number of aryl methyl sites for hydroxylation is 1. The summed E-state index contributed by atoms with van der Waals surface area (Å²) < 4.78 is 7.01. The van der Waals surface area contributed by atoms with E-state index in [9.17, 15) is 10.1 Å². The number of fused-ring (bicyclic) bond motifs is 1. The van der Waals surface area contributed by atoms with E-state index in [2.05, 4.69) is 11.1 Å². The van der Waals surface area contributed by atoms with Gasteiger partial charge in [0.15, 0.2) is 0 Å². The normalized spacial score (nSPS) is 10.8. The highest BCUT2D eigenvalue weighted by Gasteiger charge is 2.10. The molecular weight excluding hydrogens is 348 g/mol. The lowest BCUT2D eigenvalue weighted by Gasteiger charge is -2.08. The van der Waals surface area contributed by atoms with Crippen molar-refractivity contribution in [3.05, 3.63) is 82.4 Å². The van der Waals surface area contributed by atoms with Crippen LogP contribution in [0.15, 0.2) is 66.7 Å². The molecule has 0 spiro atoms. The Labute approximate surface area is 153 Å². The standard InChI is InChI=1S/C20H14N2O3S/c1-13-12-15(22(23)24)8-11-18(13)25-16-9-6-14(7-10-16)20-21-17-4-2-3-5-19(17)26-20/h2-12H,1H3. The summed E-state index contributed by atoms with van der Waals surface area (Å²) in [5.41, 5.74) is 2.80. The maximum absolute atomic E-state index is 10.8. The Hall–Kier alpha value is -3.25. The number of nitro benzene ring substituents is 1. The molecule has 5 nitrogen and oxygen atoms in total. The zero-order valence-corrected chi connectivity index (χ0v) is 14.7. The Kier molecular flexibility index (Phi) is 4.10. The lowest BCUT2D eigenvalue weighted by molar-refractivity contribution is -0.384. The van der Waals surface area contributed by atoms with E-state index in [4.69, 9.17) is 4.74 Å². The van der Waals surface area contributed by atoms with Crippen molar-refractivity contribution in [1.82, 2.24) is 4.98 Å². The average molecular weight is 362 g/mol. The number of hydrogen-bond donors (Lipinski definition) is 0. The van der Waals surface area contributed by atoms with E-state index in [1.165, 1.54) is 12.1 Å². The number of ether oxygens (including phenoxy) is 1. The van der Waals surface area contributed by atoms with Gasteiger partial charge in [0.05, 0.1) is 15.1 Å². The van der Waals surface area contributed by atoms with E-state index >= 15 is 0 Å². The molecule has 0 radical (unpaired) electrons. The molecule has 1 aromatic heterocycles. The molecule has 0 saturated carbocycles. The maximum atomic E-state index is 10.8. The fourth-order valence-corrected chi connectivity index (χ4v) is 3.62. The van der Waals surface area contributed by atoms with Crippen LogP contribution in [0, 0.1) is 17.0 Å². The van der Waals surface area contributed by atoms with Crippen molar-refractivity contribution in [2.45, 2.75) is 6.92 Å². The van der Waals surface area contributed by atoms with Gasteiger partial charge in [-0.05, 0) is 55.0 Å². The number of thiazole rings is 1. The van der Waals surface area contributed by atoms with Crippen molar-refractivity contribution in [2.75, 3.05) is 0 Å². The third kappa shape index (κ3) is 3.14. The van der Waals surface area contributed by atoms with E-state index in [0.717, 1.165) is 26.4 Å². The third-order valence-corrected chi connectivity index (χ3v) is 5.08. The molecule has 4 aromatic rings. The lowest BCUT2D eigenvalue weighted by atomic mass is 10.2. The average Bonchev–Trinajstić information content (AvgIpc) is 3.08. The number of non-ortho nitro benzene ring substituents is 1. The second kappa shape index (κ2) is 6.57. The fraction of sp³-hybridized carbons (Fsp3) is 0.0500. The molecule has 0 fully saturated rings. The molecule has 26 heavy (non-hydrogen) atoms. The molecule has 0 aliphatic carbocycles. The van der Waals surface area contributed by atoms with E-state index in [1.807, 2.05) is 42.5 Å². The van der Waals surface area contributed by atoms with Crippen LogP contribution in [0.4, 0.5) is 5.69 Å². The highest BCUT2D eigenvalue weighted by Crippen LogP contribution is 2.33. The maximum Gasteiger partial charge on any atom is 0.269 e. The molecule has 1 heterocycles. The topological polar surface area (TPSA) is 65.3 Å². The number of nitrogens with zero attached hydrogens (tertiary/aromatic N) is 2. The van der Waals surface area contributed by atoms with Gasteiger partial charge in [0.25, 0.3) is 5.69 Å². The van der Waals surface area contributed by atoms with Crippen molar-refractivity contribution in [3.63, 3.8) is 0 Å². The van der Waals surface area contributed by atoms with Crippen LogP contribution in [0.2, 0.25) is 0 Å². The summed E-state index contributed by atoms with van der Waals surface area (Å²) >= 11 is 1.65. The molecule has 0 atom stereocenters. The summed E-state index contributed by atoms with van der Waals surface area (Å²) in [6, 6.07) is 20.3. The number of benzene rings is 3. The molecule has 0 amide bonds. The van der Waals surface area contributed by atoms with Gasteiger partial charge in [-0.1, -0.05) is 12.1 Å². The summed E-state index contributed by atoms with van der Waals surface area (Å²) in [7, 11) is 0. The summed E-state index contributed by atoms with van der Waals surface area (Å²) in [5.74, 6) is 1.27. The van der Waals surface area contributed by atoms with E-state index < -0.39 is 4.92 Å². The Morgan fingerprint density at radius 1 is 1.04 bits per heavy atom. The fourth-order valence-electron chi connectivity index (χ4n) is 2.65. The molecule has 0 unspecified atom stereocenters. The highest BCUT2D eigenvalue weighted by atomic mass is 32.1. The Bertz CT molecular complexity index is 1070. The molecule has 0 aliphatic rings. The van der Waals surface area contributed by atoms with Gasteiger partial charge < -0.3 is 4.74 Å². The number of nitro groups is 1. The van der Waals surface area contributed by atoms with Gasteiger partial charge in [-0.25, -0.2) is 4.98 Å². The van der Waals surface area contributed by atoms with Crippen LogP contribution < -0.4 is 4.74 Å². The molecule has 6 heteroatoms. The zero-order valence-electron chi connectivity index (χ0n) is 13.9. The first-order valence-corrected chi connectivity index (χ1v) is 8.81. The molecular formula is C20H14N2O3S. The highest BCUT2D eigenvalue weighted by molar-refractivity contribution is 7.21. The van der Waals surface area contributed by atoms with Crippen LogP contribution in [0.1, 0.15) is 5.56 Å². The zero-order chi connectivity index (χ0) is 18.1. The number of aromatic nitrogens is 1. The van der Waals surface area contributed by atoms with Crippen molar-refractivity contribution >= 4 is 27.2 Å². The molecule has 4 rings (SSSR count). The Morgan fingerprint density at radius 3 is 2.50 bits per heavy atom. The van der Waals surface area contributed by atoms with Gasteiger partial charge in [0.1, 0.15) is 16.5 Å². The summed E-state index contributed by atoms with van der Waals surface area (Å²) in [6.45, 7) is 1.79. The van der Waals surface area contributed by atoms with Gasteiger partial charge in [-0.2, -0.15) is 0 Å². The van der Waals surface area contributed by atoms with Gasteiger partial charge in [0, 0.05) is 17.7 Å². The van der Waals surface area contributed by atoms with Crippen LogP contribution in [0.25, 0.3) is 20.8 Å². The smallest absolute Gasteiger partial charge is 0.269 e. The Balaban J connectivity index is 1.57. The van der Waals surface area contributed by atoms with Crippen molar-refractivity contribution in [3.8, 4) is 22.1 Å². The lowest BCUT2D eigenvalue weighted by Crippen LogP contribution is -1.91. The van der Waals surface area contributed by atoms with Crippen LogP contribution >= 0.6 is 11.3 Å². The molecule has 128 valence electrons. The van der Waals surface area contributed by atoms with Crippen LogP contribution in [0.5, 0.6) is 11.5 Å². The number of hydrogen-bond acceptors (Lipinski definition) is 5. The first kappa shape index (κ1) is 16.2. The second-order valence-electron chi connectivity index (χ2n) is 5.82. The monoisotopic (exact) mass is 362 g/mol. The third-order valence-electron chi connectivity index (χ3n) is 3.99. The van der Waals surface area contributed by atoms with E-state index in [1.54, 1.807) is 24.3 Å². The van der Waals surface area contributed by atoms with Gasteiger partial charge in [-0.3, -0.25) is 10.1 Å². The minimum Gasteiger partial charge on any atom is -0.457 e. The van der Waals surface area contributed by atoms with Gasteiger partial charge in [-0.15, -0.1) is 11.3 Å². The summed E-state index contributed by atoms with van der Waals surface area (Å²) in [5, 5.41) is 11.8. The molecule has 0 aliphatic heterocycles. The summed E-state index contributed by atoms with van der Waals surface area (Å²) in [6.07, 6.45) is 0. The van der Waals surface area contributed by atoms with Crippen LogP contribution in [-0.2, 0) is 0 Å². The summed E-state index contributed by atoms with van der Waals surface area (Å²) in [4.78, 5) is 15.1. The first-order chi connectivity index (χ1) is 12.6. The first-order valence-electron chi connectivity index (χ1n) is 7.99. The molecule has 0 saturated heterocycles. The molecule has 0 bridgehead atoms. The van der Waals surface area contributed by atoms with Crippen molar-refractivity contribution < 1.29 is 9.66 Å². The van der Waals surface area contributed by atoms with Crippen LogP contribution in [0.3, 0.4) is 0 Å². The largest absolute Gasteiger partial charge is 0.457 e. The molecule has 3 aromatic carbocycles. The minimum atomic E-state index is -0.413. The quantitative estimate of drug-likeness (QED) is 0.331. The Morgan fingerprint density at radius 2 is 1.81 bits per heavy atom. The minimum absolute atomic E-state index is 0.0565. The van der Waals surface area contributed by atoms with E-state index in [-0.39, 0.29) is 5.69 Å². The van der Waals surface area contributed by atoms with E-state index in [0.29, 0.717) is 11.5 Å². The van der Waals surface area contributed by atoms with Gasteiger partial charge in [0.2, 0.25) is 0 Å². The van der Waals surface area contributed by atoms with Crippen molar-refractivity contribution in [1.29, 1.82) is 0 Å². The predicted molar refractivity (Wildman–Crippen MR) is 103 cm³/mol. The van der Waals surface area contributed by atoms with Crippen molar-refractivity contribution in [2.24, 2.45) is 0 Å². The molecule has 0 N–H and O–H groups in total. The SMILES string of the molecule is Cc1cc([N+](=O)[O-])ccc1Oc1ccc(-c2nc3ccccc3s2)cc1. The second-order valence-corrected chi connectivity index (χ2v) is 6.85. The van der Waals surface area contributed by atoms with Crippen LogP contribution in [-0.4, -0.2) is 9.91 Å². The predicted octanol–water partition coefficient (Wildman–Crippen LogP) is 5.97.